The predicted octanol–water partition coefficient (Wildman–Crippen LogP) is 0.967. The van der Waals surface area contributed by atoms with Gasteiger partial charge in [0, 0.05) is 20.1 Å². The lowest BCUT2D eigenvalue weighted by Crippen LogP contribution is -2.30. The molecule has 1 rings (SSSR count). The number of hydrogen-bond donors (Lipinski definition) is 1. The van der Waals surface area contributed by atoms with Crippen molar-refractivity contribution in [3.8, 4) is 0 Å². The van der Waals surface area contributed by atoms with Gasteiger partial charge < -0.3 is 10.6 Å². The maximum absolute atomic E-state index is 12.0. The maximum atomic E-state index is 12.0. The van der Waals surface area contributed by atoms with Crippen molar-refractivity contribution in [3.63, 3.8) is 0 Å². The largest absolute Gasteiger partial charge is 0.396 e. The fourth-order valence-electron chi connectivity index (χ4n) is 1.49. The predicted molar refractivity (Wildman–Crippen MR) is 59.6 cm³/mol. The van der Waals surface area contributed by atoms with E-state index in [4.69, 9.17) is 5.73 Å². The zero-order valence-electron chi connectivity index (χ0n) is 9.53. The number of carbonyl (C=O) groups excluding carboxylic acids is 1. The minimum Gasteiger partial charge on any atom is -0.396 e. The van der Waals surface area contributed by atoms with Crippen LogP contribution in [0.5, 0.6) is 0 Å². The molecule has 1 aromatic heterocycles. The molecular weight excluding hydrogens is 192 g/mol. The lowest BCUT2D eigenvalue weighted by molar-refractivity contribution is 0.0784. The highest BCUT2D eigenvalue weighted by molar-refractivity contribution is 5.97. The fourth-order valence-corrected chi connectivity index (χ4v) is 1.49. The number of nitrogens with two attached hydrogens (primary N) is 1. The molecule has 0 aliphatic heterocycles. The minimum absolute atomic E-state index is 0.0614. The van der Waals surface area contributed by atoms with Crippen LogP contribution in [-0.4, -0.2) is 34.2 Å². The van der Waals surface area contributed by atoms with E-state index in [0.717, 1.165) is 13.0 Å². The molecule has 1 heterocycles. The molecule has 1 amide bonds. The van der Waals surface area contributed by atoms with Gasteiger partial charge in [-0.3, -0.25) is 9.48 Å². The summed E-state index contributed by atoms with van der Waals surface area (Å²) in [4.78, 5) is 13.6. The van der Waals surface area contributed by atoms with Gasteiger partial charge in [0.2, 0.25) is 0 Å². The molecule has 5 heteroatoms. The first kappa shape index (κ1) is 11.6. The van der Waals surface area contributed by atoms with Crippen LogP contribution in [-0.2, 0) is 6.54 Å². The van der Waals surface area contributed by atoms with Crippen molar-refractivity contribution >= 4 is 11.6 Å². The Morgan fingerprint density at radius 1 is 1.60 bits per heavy atom. The molecule has 0 aliphatic carbocycles. The summed E-state index contributed by atoms with van der Waals surface area (Å²) in [6.07, 6.45) is 2.46. The Kier molecular flexibility index (Phi) is 3.71. The summed E-state index contributed by atoms with van der Waals surface area (Å²) in [5.41, 5.74) is 6.66. The first-order chi connectivity index (χ1) is 7.11. The number of hydrogen-bond acceptors (Lipinski definition) is 3. The molecule has 0 unspecified atom stereocenters. The van der Waals surface area contributed by atoms with Gasteiger partial charge in [0.1, 0.15) is 5.69 Å². The van der Waals surface area contributed by atoms with Crippen molar-refractivity contribution in [2.75, 3.05) is 19.3 Å². The van der Waals surface area contributed by atoms with E-state index in [1.165, 1.54) is 6.20 Å². The normalized spacial score (nSPS) is 10.3. The Balaban J connectivity index is 2.94. The molecule has 2 N–H and O–H groups in total. The van der Waals surface area contributed by atoms with E-state index < -0.39 is 0 Å². The number of carbonyl (C=O) groups is 1. The van der Waals surface area contributed by atoms with E-state index >= 15 is 0 Å². The van der Waals surface area contributed by atoms with Crippen molar-refractivity contribution in [2.45, 2.75) is 26.8 Å². The van der Waals surface area contributed by atoms with Crippen LogP contribution >= 0.6 is 0 Å². The Labute approximate surface area is 89.9 Å². The van der Waals surface area contributed by atoms with Gasteiger partial charge in [0.25, 0.3) is 5.91 Å². The third-order valence-electron chi connectivity index (χ3n) is 2.28. The topological polar surface area (TPSA) is 64.2 Å². The second-order valence-electron chi connectivity index (χ2n) is 3.49. The lowest BCUT2D eigenvalue weighted by atomic mass is 10.3. The molecule has 0 saturated carbocycles. The Hall–Kier alpha value is -1.52. The highest BCUT2D eigenvalue weighted by Crippen LogP contribution is 2.13. The van der Waals surface area contributed by atoms with Gasteiger partial charge in [-0.05, 0) is 13.3 Å². The third kappa shape index (κ3) is 2.29. The number of aromatic nitrogens is 2. The average Bonchev–Trinajstić information content (AvgIpc) is 2.58. The van der Waals surface area contributed by atoms with E-state index in [-0.39, 0.29) is 5.91 Å². The van der Waals surface area contributed by atoms with Crippen LogP contribution in [0.3, 0.4) is 0 Å². The maximum Gasteiger partial charge on any atom is 0.274 e. The molecular formula is C10H18N4O. The van der Waals surface area contributed by atoms with E-state index in [0.29, 0.717) is 17.9 Å². The van der Waals surface area contributed by atoms with Crippen molar-refractivity contribution in [1.29, 1.82) is 0 Å². The quantitative estimate of drug-likeness (QED) is 0.805. The minimum atomic E-state index is -0.0614. The summed E-state index contributed by atoms with van der Waals surface area (Å²) >= 11 is 0. The van der Waals surface area contributed by atoms with Crippen LogP contribution < -0.4 is 5.73 Å². The number of aryl methyl sites for hydroxylation is 1. The van der Waals surface area contributed by atoms with Gasteiger partial charge in [-0.1, -0.05) is 6.92 Å². The number of amides is 1. The average molecular weight is 210 g/mol. The highest BCUT2D eigenvalue weighted by Gasteiger charge is 2.19. The molecule has 0 atom stereocenters. The molecule has 0 aliphatic rings. The molecule has 0 aromatic carbocycles. The van der Waals surface area contributed by atoms with Gasteiger partial charge in [0.15, 0.2) is 0 Å². The summed E-state index contributed by atoms with van der Waals surface area (Å²) in [5, 5.41) is 4.04. The standard InChI is InChI=1S/C10H18N4O/c1-4-6-13(3)10(15)9-8(11)7-12-14(9)5-2/h7H,4-6,11H2,1-3H3. The Morgan fingerprint density at radius 3 is 2.80 bits per heavy atom. The molecule has 5 nitrogen and oxygen atoms in total. The molecule has 0 saturated heterocycles. The van der Waals surface area contributed by atoms with Crippen molar-refractivity contribution in [3.05, 3.63) is 11.9 Å². The molecule has 0 spiro atoms. The monoisotopic (exact) mass is 210 g/mol. The van der Waals surface area contributed by atoms with Crippen molar-refractivity contribution in [1.82, 2.24) is 14.7 Å². The summed E-state index contributed by atoms with van der Waals surface area (Å²) in [6, 6.07) is 0. The van der Waals surface area contributed by atoms with Crippen LogP contribution in [0.1, 0.15) is 30.8 Å². The van der Waals surface area contributed by atoms with E-state index in [2.05, 4.69) is 5.10 Å². The second kappa shape index (κ2) is 4.82. The van der Waals surface area contributed by atoms with Gasteiger partial charge in [-0.2, -0.15) is 5.10 Å². The van der Waals surface area contributed by atoms with E-state index in [1.807, 2.05) is 13.8 Å². The van der Waals surface area contributed by atoms with Gasteiger partial charge >= 0.3 is 0 Å². The number of nitrogens with zero attached hydrogens (tertiary/aromatic N) is 3. The zero-order chi connectivity index (χ0) is 11.4. The SMILES string of the molecule is CCCN(C)C(=O)c1c(N)cnn1CC. The van der Waals surface area contributed by atoms with Crippen LogP contribution in [0.15, 0.2) is 6.20 Å². The van der Waals surface area contributed by atoms with Crippen LogP contribution in [0, 0.1) is 0 Å². The van der Waals surface area contributed by atoms with Crippen LogP contribution in [0.2, 0.25) is 0 Å². The van der Waals surface area contributed by atoms with Crippen LogP contribution in [0.25, 0.3) is 0 Å². The third-order valence-corrected chi connectivity index (χ3v) is 2.28. The highest BCUT2D eigenvalue weighted by atomic mass is 16.2. The van der Waals surface area contributed by atoms with E-state index in [1.54, 1.807) is 16.6 Å². The smallest absolute Gasteiger partial charge is 0.274 e. The molecule has 15 heavy (non-hydrogen) atoms. The molecule has 0 radical (unpaired) electrons. The number of nitrogen functional groups attached to an aromatic ring is 1. The summed E-state index contributed by atoms with van der Waals surface area (Å²) in [7, 11) is 1.78. The summed E-state index contributed by atoms with van der Waals surface area (Å²) in [5.74, 6) is -0.0614. The van der Waals surface area contributed by atoms with Gasteiger partial charge in [-0.25, -0.2) is 0 Å². The second-order valence-corrected chi connectivity index (χ2v) is 3.49. The van der Waals surface area contributed by atoms with Crippen molar-refractivity contribution < 1.29 is 4.79 Å². The Bertz CT molecular complexity index is 345. The first-order valence-corrected chi connectivity index (χ1v) is 5.18. The zero-order valence-corrected chi connectivity index (χ0v) is 9.53. The lowest BCUT2D eigenvalue weighted by Gasteiger charge is -2.16. The number of rotatable bonds is 4. The Morgan fingerprint density at radius 2 is 2.27 bits per heavy atom. The summed E-state index contributed by atoms with van der Waals surface area (Å²) in [6.45, 7) is 5.35. The number of anilines is 1. The summed E-state index contributed by atoms with van der Waals surface area (Å²) < 4.78 is 1.63. The van der Waals surface area contributed by atoms with Gasteiger partial charge in [-0.15, -0.1) is 0 Å². The van der Waals surface area contributed by atoms with E-state index in [9.17, 15) is 4.79 Å². The van der Waals surface area contributed by atoms with Crippen LogP contribution in [0.4, 0.5) is 5.69 Å². The fraction of sp³-hybridized carbons (Fsp3) is 0.600. The molecule has 84 valence electrons. The molecule has 1 aromatic rings. The molecule has 0 bridgehead atoms. The first-order valence-electron chi connectivity index (χ1n) is 5.18. The van der Waals surface area contributed by atoms with Gasteiger partial charge in [0.05, 0.1) is 11.9 Å². The molecule has 0 fully saturated rings. The van der Waals surface area contributed by atoms with Crippen molar-refractivity contribution in [2.24, 2.45) is 0 Å².